The van der Waals surface area contributed by atoms with E-state index in [2.05, 4.69) is 10.3 Å². The topological polar surface area (TPSA) is 85.1 Å². The van der Waals surface area contributed by atoms with Crippen LogP contribution in [0.1, 0.15) is 10.7 Å². The lowest BCUT2D eigenvalue weighted by molar-refractivity contribution is 0.598. The Balaban J connectivity index is 2.20. The fraction of sp³-hybridized carbons (Fsp3) is 0.182. The van der Waals surface area contributed by atoms with Gasteiger partial charge in [0.15, 0.2) is 0 Å². The highest BCUT2D eigenvalue weighted by atomic mass is 32.2. The number of rotatable bonds is 4. The van der Waals surface area contributed by atoms with Crippen LogP contribution in [0.25, 0.3) is 0 Å². The van der Waals surface area contributed by atoms with Crippen molar-refractivity contribution >= 4 is 27.0 Å². The van der Waals surface area contributed by atoms with Crippen molar-refractivity contribution in [3.05, 3.63) is 40.3 Å². The molecular weight excluding hydrogens is 270 g/mol. The summed E-state index contributed by atoms with van der Waals surface area (Å²) in [4.78, 5) is 4.39. The number of aryl methyl sites for hydroxylation is 1. The zero-order chi connectivity index (χ0) is 13.2. The predicted octanol–water partition coefficient (Wildman–Crippen LogP) is 1.71. The molecule has 0 spiro atoms. The van der Waals surface area contributed by atoms with Gasteiger partial charge in [0.2, 0.25) is 10.0 Å². The molecule has 0 radical (unpaired) electrons. The average Bonchev–Trinajstić information content (AvgIpc) is 2.72. The summed E-state index contributed by atoms with van der Waals surface area (Å²) in [5.74, 6) is 0. The quantitative estimate of drug-likeness (QED) is 0.894. The maximum atomic E-state index is 11.4. The number of benzene rings is 1. The number of nitrogens with two attached hydrogens (primary N) is 1. The number of thiazole rings is 1. The molecule has 0 aliphatic rings. The van der Waals surface area contributed by atoms with Crippen LogP contribution in [-0.4, -0.2) is 13.4 Å². The minimum Gasteiger partial charge on any atom is -0.378 e. The van der Waals surface area contributed by atoms with Crippen molar-refractivity contribution in [3.63, 3.8) is 0 Å². The van der Waals surface area contributed by atoms with Crippen LogP contribution in [0.15, 0.2) is 34.5 Å². The number of sulfonamides is 1. The summed E-state index contributed by atoms with van der Waals surface area (Å²) < 4.78 is 22.8. The maximum Gasteiger partial charge on any atom is 0.240 e. The summed E-state index contributed by atoms with van der Waals surface area (Å²) in [6.07, 6.45) is 0. The standard InChI is InChI=1S/C11H13N3O2S2/c1-8-14-9(7-17-8)6-13-10-4-2-3-5-11(10)18(12,15)16/h2-5,7,13H,6H2,1H3,(H2,12,15,16). The van der Waals surface area contributed by atoms with Gasteiger partial charge in [-0.25, -0.2) is 18.5 Å². The Morgan fingerprint density at radius 2 is 2.11 bits per heavy atom. The van der Waals surface area contributed by atoms with Gasteiger partial charge in [-0.2, -0.15) is 0 Å². The fourth-order valence-corrected chi connectivity index (χ4v) is 2.86. The number of nitrogens with zero attached hydrogens (tertiary/aromatic N) is 1. The van der Waals surface area contributed by atoms with E-state index in [1.54, 1.807) is 29.5 Å². The first-order valence-electron chi connectivity index (χ1n) is 5.23. The molecule has 0 saturated heterocycles. The van der Waals surface area contributed by atoms with E-state index in [1.165, 1.54) is 6.07 Å². The van der Waals surface area contributed by atoms with Crippen molar-refractivity contribution in [1.82, 2.24) is 4.98 Å². The second-order valence-electron chi connectivity index (χ2n) is 3.75. The molecule has 0 fully saturated rings. The van der Waals surface area contributed by atoms with Crippen LogP contribution in [0, 0.1) is 6.92 Å². The molecule has 96 valence electrons. The largest absolute Gasteiger partial charge is 0.378 e. The second kappa shape index (κ2) is 5.05. The monoisotopic (exact) mass is 283 g/mol. The highest BCUT2D eigenvalue weighted by molar-refractivity contribution is 7.89. The van der Waals surface area contributed by atoms with Gasteiger partial charge in [0.1, 0.15) is 4.90 Å². The summed E-state index contributed by atoms with van der Waals surface area (Å²) in [7, 11) is -3.71. The first kappa shape index (κ1) is 13.0. The smallest absolute Gasteiger partial charge is 0.240 e. The molecule has 1 aromatic heterocycles. The zero-order valence-electron chi connectivity index (χ0n) is 9.75. The zero-order valence-corrected chi connectivity index (χ0v) is 11.4. The Morgan fingerprint density at radius 3 is 2.72 bits per heavy atom. The molecule has 7 heteroatoms. The Hall–Kier alpha value is -1.44. The van der Waals surface area contributed by atoms with Gasteiger partial charge in [-0.15, -0.1) is 11.3 Å². The van der Waals surface area contributed by atoms with Crippen molar-refractivity contribution in [2.24, 2.45) is 5.14 Å². The van der Waals surface area contributed by atoms with Crippen molar-refractivity contribution in [2.75, 3.05) is 5.32 Å². The van der Waals surface area contributed by atoms with Gasteiger partial charge in [0.05, 0.1) is 22.9 Å². The number of para-hydroxylation sites is 1. The van der Waals surface area contributed by atoms with Crippen LogP contribution in [0.4, 0.5) is 5.69 Å². The van der Waals surface area contributed by atoms with Crippen LogP contribution in [-0.2, 0) is 16.6 Å². The van der Waals surface area contributed by atoms with Crippen molar-refractivity contribution in [1.29, 1.82) is 0 Å². The highest BCUT2D eigenvalue weighted by Crippen LogP contribution is 2.20. The van der Waals surface area contributed by atoms with E-state index in [4.69, 9.17) is 5.14 Å². The van der Waals surface area contributed by atoms with Crippen LogP contribution < -0.4 is 10.5 Å². The molecule has 1 aromatic carbocycles. The van der Waals surface area contributed by atoms with Crippen molar-refractivity contribution < 1.29 is 8.42 Å². The minimum atomic E-state index is -3.71. The Bertz CT molecular complexity index is 650. The SMILES string of the molecule is Cc1nc(CNc2ccccc2S(N)(=O)=O)cs1. The lowest BCUT2D eigenvalue weighted by atomic mass is 10.3. The molecule has 0 amide bonds. The van der Waals surface area contributed by atoms with Crippen molar-refractivity contribution in [3.8, 4) is 0 Å². The van der Waals surface area contributed by atoms with Gasteiger partial charge in [-0.3, -0.25) is 0 Å². The number of nitrogens with one attached hydrogen (secondary N) is 1. The molecule has 3 N–H and O–H groups in total. The van der Waals surface area contributed by atoms with Gasteiger partial charge < -0.3 is 5.32 Å². The van der Waals surface area contributed by atoms with E-state index >= 15 is 0 Å². The van der Waals surface area contributed by atoms with Crippen LogP contribution in [0.5, 0.6) is 0 Å². The first-order chi connectivity index (χ1) is 8.47. The summed E-state index contributed by atoms with van der Waals surface area (Å²) in [5, 5.41) is 11.1. The van der Waals surface area contributed by atoms with E-state index in [0.717, 1.165) is 10.7 Å². The first-order valence-corrected chi connectivity index (χ1v) is 7.66. The Labute approximate surface area is 110 Å². The summed E-state index contributed by atoms with van der Waals surface area (Å²) in [6, 6.07) is 6.55. The molecule has 0 aliphatic carbocycles. The van der Waals surface area contributed by atoms with E-state index in [0.29, 0.717) is 12.2 Å². The average molecular weight is 283 g/mol. The number of hydrogen-bond donors (Lipinski definition) is 2. The van der Waals surface area contributed by atoms with Crippen LogP contribution >= 0.6 is 11.3 Å². The molecule has 2 rings (SSSR count). The van der Waals surface area contributed by atoms with E-state index in [9.17, 15) is 8.42 Å². The molecule has 0 unspecified atom stereocenters. The fourth-order valence-electron chi connectivity index (χ4n) is 1.54. The summed E-state index contributed by atoms with van der Waals surface area (Å²) >= 11 is 1.56. The lowest BCUT2D eigenvalue weighted by Crippen LogP contribution is -2.15. The molecule has 0 saturated carbocycles. The molecule has 0 atom stereocenters. The van der Waals surface area contributed by atoms with Crippen molar-refractivity contribution in [2.45, 2.75) is 18.4 Å². The summed E-state index contributed by atoms with van der Waals surface area (Å²) in [5.41, 5.74) is 1.37. The molecule has 0 bridgehead atoms. The highest BCUT2D eigenvalue weighted by Gasteiger charge is 2.12. The predicted molar refractivity (Wildman–Crippen MR) is 72.0 cm³/mol. The maximum absolute atomic E-state index is 11.4. The third-order valence-corrected chi connectivity index (χ3v) is 4.11. The Kier molecular flexibility index (Phi) is 3.65. The number of aromatic nitrogens is 1. The number of primary sulfonamides is 1. The van der Waals surface area contributed by atoms with Crippen LogP contribution in [0.2, 0.25) is 0 Å². The third-order valence-electron chi connectivity index (χ3n) is 2.32. The molecular formula is C11H13N3O2S2. The molecule has 0 aliphatic heterocycles. The molecule has 5 nitrogen and oxygen atoms in total. The van der Waals surface area contributed by atoms with Gasteiger partial charge >= 0.3 is 0 Å². The minimum absolute atomic E-state index is 0.0944. The van der Waals surface area contributed by atoms with E-state index in [1.807, 2.05) is 12.3 Å². The second-order valence-corrected chi connectivity index (χ2v) is 6.34. The summed E-state index contributed by atoms with van der Waals surface area (Å²) in [6.45, 7) is 2.39. The van der Waals surface area contributed by atoms with Gasteiger partial charge in [-0.05, 0) is 19.1 Å². The van der Waals surface area contributed by atoms with Gasteiger partial charge in [0.25, 0.3) is 0 Å². The molecule has 2 aromatic rings. The van der Waals surface area contributed by atoms with E-state index < -0.39 is 10.0 Å². The molecule has 18 heavy (non-hydrogen) atoms. The number of anilines is 1. The third kappa shape index (κ3) is 3.06. The van der Waals surface area contributed by atoms with Crippen LogP contribution in [0.3, 0.4) is 0 Å². The van der Waals surface area contributed by atoms with E-state index in [-0.39, 0.29) is 4.90 Å². The normalized spacial score (nSPS) is 11.4. The lowest BCUT2D eigenvalue weighted by Gasteiger charge is -2.09. The Morgan fingerprint density at radius 1 is 1.39 bits per heavy atom. The van der Waals surface area contributed by atoms with Gasteiger partial charge in [-0.1, -0.05) is 12.1 Å². The molecule has 1 heterocycles. The number of hydrogen-bond acceptors (Lipinski definition) is 5. The van der Waals surface area contributed by atoms with Gasteiger partial charge in [0, 0.05) is 5.38 Å².